The molecule has 0 spiro atoms. The molecule has 4 heteroatoms. The predicted molar refractivity (Wildman–Crippen MR) is 47.9 cm³/mol. The van der Waals surface area contributed by atoms with Gasteiger partial charge in [-0.05, 0) is 6.92 Å². The van der Waals surface area contributed by atoms with Crippen LogP contribution in [0.2, 0.25) is 0 Å². The first kappa shape index (κ1) is 13.6. The molecule has 13 heavy (non-hydrogen) atoms. The molecular formula is C9H20INO2. The Bertz CT molecular complexity index is 148. The average molecular weight is 301 g/mol. The van der Waals surface area contributed by atoms with Gasteiger partial charge in [0.15, 0.2) is 0 Å². The third kappa shape index (κ3) is 4.58. The molecule has 1 heterocycles. The second-order valence-electron chi connectivity index (χ2n) is 4.74. The van der Waals surface area contributed by atoms with Crippen molar-refractivity contribution in [3.63, 3.8) is 0 Å². The van der Waals surface area contributed by atoms with E-state index in [-0.39, 0.29) is 42.3 Å². The summed E-state index contributed by atoms with van der Waals surface area (Å²) >= 11 is 0. The quantitative estimate of drug-likeness (QED) is 0.442. The summed E-state index contributed by atoms with van der Waals surface area (Å²) in [6, 6.07) is 0. The van der Waals surface area contributed by atoms with Crippen molar-refractivity contribution in [2.75, 3.05) is 27.7 Å². The first-order valence-corrected chi connectivity index (χ1v) is 4.52. The molecule has 0 aliphatic carbocycles. The van der Waals surface area contributed by atoms with Crippen LogP contribution >= 0.6 is 0 Å². The summed E-state index contributed by atoms with van der Waals surface area (Å²) in [5.41, 5.74) is 0. The maximum atomic E-state index is 9.43. The van der Waals surface area contributed by atoms with E-state index in [2.05, 4.69) is 21.1 Å². The molecule has 1 N–H and O–H groups in total. The first-order chi connectivity index (χ1) is 5.38. The highest BCUT2D eigenvalue weighted by Gasteiger charge is 2.33. The summed E-state index contributed by atoms with van der Waals surface area (Å²) in [6.07, 6.45) is 0.773. The van der Waals surface area contributed by atoms with Crippen molar-refractivity contribution < 1.29 is 38.3 Å². The Hall–Kier alpha value is 0.610. The van der Waals surface area contributed by atoms with E-state index in [9.17, 15) is 5.11 Å². The zero-order valence-corrected chi connectivity index (χ0v) is 11.0. The summed E-state index contributed by atoms with van der Waals surface area (Å²) in [7, 11) is 6.41. The minimum atomic E-state index is -0.262. The lowest BCUT2D eigenvalue weighted by Crippen LogP contribution is -3.00. The molecule has 0 amide bonds. The molecule has 1 aliphatic heterocycles. The molecule has 0 aromatic carbocycles. The SMILES string of the molecule is C[C@@H]1O[C@@H](C[N+](C)(C)C)C[C@H]1O.[I-]. The normalized spacial score (nSPS) is 34.4. The van der Waals surface area contributed by atoms with E-state index >= 15 is 0 Å². The van der Waals surface area contributed by atoms with E-state index < -0.39 is 0 Å². The number of nitrogens with zero attached hydrogens (tertiary/aromatic N) is 1. The molecular weight excluding hydrogens is 281 g/mol. The number of hydrogen-bond donors (Lipinski definition) is 1. The van der Waals surface area contributed by atoms with Crippen molar-refractivity contribution in [2.24, 2.45) is 0 Å². The highest BCUT2D eigenvalue weighted by Crippen LogP contribution is 2.21. The summed E-state index contributed by atoms with van der Waals surface area (Å²) < 4.78 is 6.48. The first-order valence-electron chi connectivity index (χ1n) is 4.52. The molecule has 0 aromatic rings. The number of aliphatic hydroxyl groups is 1. The summed E-state index contributed by atoms with van der Waals surface area (Å²) in [5, 5.41) is 9.43. The van der Waals surface area contributed by atoms with Crippen LogP contribution < -0.4 is 24.0 Å². The number of aliphatic hydroxyl groups excluding tert-OH is 1. The van der Waals surface area contributed by atoms with Crippen LogP contribution in [0.5, 0.6) is 0 Å². The number of halogens is 1. The van der Waals surface area contributed by atoms with Gasteiger partial charge in [-0.25, -0.2) is 0 Å². The lowest BCUT2D eigenvalue weighted by atomic mass is 10.1. The van der Waals surface area contributed by atoms with Gasteiger partial charge in [-0.15, -0.1) is 0 Å². The molecule has 80 valence electrons. The predicted octanol–water partition coefficient (Wildman–Crippen LogP) is -2.77. The summed E-state index contributed by atoms with van der Waals surface area (Å²) in [6.45, 7) is 2.90. The Labute approximate surface area is 97.7 Å². The van der Waals surface area contributed by atoms with E-state index in [1.165, 1.54) is 0 Å². The maximum absolute atomic E-state index is 9.43. The molecule has 3 nitrogen and oxygen atoms in total. The Balaban J connectivity index is 0.00000144. The standard InChI is InChI=1S/C9H20NO2.HI/c1-7-9(11)5-8(12-7)6-10(2,3)4;/h7-9,11H,5-6H2,1-4H3;1H/q+1;/p-1/t7-,8+,9+;/m0./s1. The fourth-order valence-electron chi connectivity index (χ4n) is 1.64. The summed E-state index contributed by atoms with van der Waals surface area (Å²) in [4.78, 5) is 0. The van der Waals surface area contributed by atoms with Gasteiger partial charge in [-0.2, -0.15) is 0 Å². The monoisotopic (exact) mass is 301 g/mol. The molecule has 1 fully saturated rings. The minimum Gasteiger partial charge on any atom is -1.00 e. The molecule has 1 rings (SSSR count). The van der Waals surface area contributed by atoms with Crippen LogP contribution in [-0.4, -0.2) is 55.6 Å². The van der Waals surface area contributed by atoms with Gasteiger partial charge in [-0.3, -0.25) is 0 Å². The Kier molecular flexibility index (Phi) is 5.14. The van der Waals surface area contributed by atoms with E-state index in [1.807, 2.05) is 6.92 Å². The fraction of sp³-hybridized carbons (Fsp3) is 1.00. The number of quaternary nitrogens is 1. The number of rotatable bonds is 2. The third-order valence-electron chi connectivity index (χ3n) is 2.20. The molecule has 0 radical (unpaired) electrons. The highest BCUT2D eigenvalue weighted by atomic mass is 127. The molecule has 1 aliphatic rings. The van der Waals surface area contributed by atoms with Gasteiger partial charge < -0.3 is 38.3 Å². The van der Waals surface area contributed by atoms with Crippen LogP contribution in [-0.2, 0) is 4.74 Å². The second kappa shape index (κ2) is 4.91. The van der Waals surface area contributed by atoms with Crippen molar-refractivity contribution in [1.29, 1.82) is 0 Å². The smallest absolute Gasteiger partial charge is 0.109 e. The largest absolute Gasteiger partial charge is 1.00 e. The fourth-order valence-corrected chi connectivity index (χ4v) is 1.64. The molecule has 0 unspecified atom stereocenters. The lowest BCUT2D eigenvalue weighted by Gasteiger charge is -2.26. The zero-order valence-electron chi connectivity index (χ0n) is 8.83. The molecule has 0 aromatic heterocycles. The third-order valence-corrected chi connectivity index (χ3v) is 2.20. The van der Waals surface area contributed by atoms with E-state index in [0.29, 0.717) is 0 Å². The van der Waals surface area contributed by atoms with E-state index in [1.54, 1.807) is 0 Å². The molecule has 0 saturated carbocycles. The van der Waals surface area contributed by atoms with Gasteiger partial charge in [0.25, 0.3) is 0 Å². The Morgan fingerprint density at radius 1 is 1.38 bits per heavy atom. The van der Waals surface area contributed by atoms with Crippen molar-refractivity contribution in [3.05, 3.63) is 0 Å². The number of hydrogen-bond acceptors (Lipinski definition) is 2. The molecule has 3 atom stereocenters. The minimum absolute atomic E-state index is 0. The Morgan fingerprint density at radius 2 is 1.92 bits per heavy atom. The van der Waals surface area contributed by atoms with Crippen molar-refractivity contribution >= 4 is 0 Å². The van der Waals surface area contributed by atoms with Gasteiger partial charge in [0.2, 0.25) is 0 Å². The zero-order chi connectivity index (χ0) is 9.35. The maximum Gasteiger partial charge on any atom is 0.109 e. The van der Waals surface area contributed by atoms with Crippen LogP contribution in [0.25, 0.3) is 0 Å². The number of likely N-dealkylation sites (N-methyl/N-ethyl adjacent to an activating group) is 1. The van der Waals surface area contributed by atoms with Crippen LogP contribution in [0.15, 0.2) is 0 Å². The van der Waals surface area contributed by atoms with Gasteiger partial charge in [-0.1, -0.05) is 0 Å². The van der Waals surface area contributed by atoms with Gasteiger partial charge in [0, 0.05) is 6.42 Å². The van der Waals surface area contributed by atoms with Crippen LogP contribution in [0.1, 0.15) is 13.3 Å². The van der Waals surface area contributed by atoms with Crippen molar-refractivity contribution in [3.8, 4) is 0 Å². The van der Waals surface area contributed by atoms with Crippen molar-refractivity contribution in [2.45, 2.75) is 31.7 Å². The van der Waals surface area contributed by atoms with Crippen LogP contribution in [0.3, 0.4) is 0 Å². The lowest BCUT2D eigenvalue weighted by molar-refractivity contribution is -0.873. The topological polar surface area (TPSA) is 29.5 Å². The highest BCUT2D eigenvalue weighted by molar-refractivity contribution is 4.78. The Morgan fingerprint density at radius 3 is 2.23 bits per heavy atom. The van der Waals surface area contributed by atoms with Crippen LogP contribution in [0.4, 0.5) is 0 Å². The van der Waals surface area contributed by atoms with Gasteiger partial charge in [0.1, 0.15) is 12.6 Å². The molecule has 0 bridgehead atoms. The van der Waals surface area contributed by atoms with E-state index in [4.69, 9.17) is 4.74 Å². The van der Waals surface area contributed by atoms with Gasteiger partial charge in [0.05, 0.1) is 33.4 Å². The molecule has 1 saturated heterocycles. The summed E-state index contributed by atoms with van der Waals surface area (Å²) in [5.74, 6) is 0. The second-order valence-corrected chi connectivity index (χ2v) is 4.74. The number of ether oxygens (including phenoxy) is 1. The average Bonchev–Trinajstić information content (AvgIpc) is 2.07. The van der Waals surface area contributed by atoms with Crippen LogP contribution in [0, 0.1) is 0 Å². The van der Waals surface area contributed by atoms with Gasteiger partial charge >= 0.3 is 0 Å². The van der Waals surface area contributed by atoms with E-state index in [0.717, 1.165) is 17.4 Å². The van der Waals surface area contributed by atoms with Crippen molar-refractivity contribution in [1.82, 2.24) is 0 Å².